The van der Waals surface area contributed by atoms with Gasteiger partial charge in [-0.1, -0.05) is 75.1 Å². The van der Waals surface area contributed by atoms with E-state index in [2.05, 4.69) is 18.9 Å². The summed E-state index contributed by atoms with van der Waals surface area (Å²) in [6.45, 7) is 7.45. The number of aliphatic hydroxyl groups is 1. The number of benzene rings is 1. The van der Waals surface area contributed by atoms with Crippen LogP contribution in [0.25, 0.3) is 5.57 Å². The molecule has 1 aromatic rings. The highest BCUT2D eigenvalue weighted by molar-refractivity contribution is 5.67. The molecule has 1 heteroatoms. The van der Waals surface area contributed by atoms with Crippen LogP contribution in [0.3, 0.4) is 0 Å². The van der Waals surface area contributed by atoms with Gasteiger partial charge in [0.05, 0.1) is 6.10 Å². The minimum absolute atomic E-state index is 0.453. The van der Waals surface area contributed by atoms with E-state index in [1.54, 1.807) is 0 Å². The number of hydrogen-bond acceptors (Lipinski definition) is 1. The molecule has 0 heterocycles. The maximum Gasteiger partial charge on any atom is 0.0867 e. The fraction of sp³-hybridized carbons (Fsp3) is 0.450. The molecule has 1 rings (SSSR count). The number of allylic oxidation sites excluding steroid dienone is 1. The second-order valence-corrected chi connectivity index (χ2v) is 5.46. The van der Waals surface area contributed by atoms with E-state index in [-0.39, 0.29) is 0 Å². The molecule has 1 N–H and O–H groups in total. The van der Waals surface area contributed by atoms with Crippen LogP contribution in [-0.4, -0.2) is 11.2 Å². The van der Waals surface area contributed by atoms with Crippen molar-refractivity contribution in [1.29, 1.82) is 0 Å². The molecule has 114 valence electrons. The third-order valence-corrected chi connectivity index (χ3v) is 3.74. The summed E-state index contributed by atoms with van der Waals surface area (Å²) in [5, 5.41) is 10.3. The average molecular weight is 284 g/mol. The lowest BCUT2D eigenvalue weighted by Crippen LogP contribution is -2.08. The standard InChI is InChI=1S/C20H28O/c1-3-5-6-7-8-9-10-14-17-20(21)19(4-2)18-15-12-11-13-16-18/h3,11-13,15-16,20-21H,1-2,5-10,14,17H2. The molecular formula is C20H28O. The Hall–Kier alpha value is -1.56. The maximum absolute atomic E-state index is 10.3. The predicted molar refractivity (Wildman–Crippen MR) is 92.1 cm³/mol. The third-order valence-electron chi connectivity index (χ3n) is 3.74. The van der Waals surface area contributed by atoms with E-state index in [1.807, 2.05) is 36.4 Å². The van der Waals surface area contributed by atoms with Gasteiger partial charge in [-0.3, -0.25) is 0 Å². The van der Waals surface area contributed by atoms with E-state index in [0.717, 1.165) is 30.4 Å². The van der Waals surface area contributed by atoms with Gasteiger partial charge in [0.1, 0.15) is 0 Å². The Bertz CT molecular complexity index is 440. The first-order chi connectivity index (χ1) is 10.3. The van der Waals surface area contributed by atoms with Gasteiger partial charge in [0.2, 0.25) is 0 Å². The lowest BCUT2D eigenvalue weighted by atomic mass is 9.97. The molecule has 0 fully saturated rings. The van der Waals surface area contributed by atoms with Gasteiger partial charge >= 0.3 is 0 Å². The summed E-state index contributed by atoms with van der Waals surface area (Å²) >= 11 is 0. The first-order valence-corrected chi connectivity index (χ1v) is 8.04. The zero-order valence-electron chi connectivity index (χ0n) is 13.1. The van der Waals surface area contributed by atoms with Crippen LogP contribution in [0.15, 0.2) is 55.3 Å². The minimum atomic E-state index is -0.453. The maximum atomic E-state index is 10.3. The fourth-order valence-electron chi connectivity index (χ4n) is 2.51. The van der Waals surface area contributed by atoms with E-state index in [1.165, 1.54) is 32.1 Å². The molecule has 0 aliphatic rings. The SMILES string of the molecule is C=C=C(c1ccccc1)C(O)CCCCCCCCC=C. The van der Waals surface area contributed by atoms with Crippen LogP contribution in [-0.2, 0) is 0 Å². The van der Waals surface area contributed by atoms with Gasteiger partial charge < -0.3 is 5.11 Å². The molecule has 21 heavy (non-hydrogen) atoms. The molecular weight excluding hydrogens is 256 g/mol. The largest absolute Gasteiger partial charge is 0.388 e. The topological polar surface area (TPSA) is 20.2 Å². The number of unbranched alkanes of at least 4 members (excludes halogenated alkanes) is 6. The van der Waals surface area contributed by atoms with Gasteiger partial charge in [-0.05, 0) is 24.8 Å². The fourth-order valence-corrected chi connectivity index (χ4v) is 2.51. The molecule has 0 saturated heterocycles. The third kappa shape index (κ3) is 7.13. The molecule has 0 saturated carbocycles. The van der Waals surface area contributed by atoms with Crippen LogP contribution in [0.1, 0.15) is 56.9 Å². The second kappa shape index (κ2) is 11.1. The van der Waals surface area contributed by atoms with E-state index in [4.69, 9.17) is 0 Å². The van der Waals surface area contributed by atoms with Gasteiger partial charge in [0.15, 0.2) is 0 Å². The zero-order valence-corrected chi connectivity index (χ0v) is 13.1. The normalized spacial score (nSPS) is 11.7. The number of hydrogen-bond donors (Lipinski definition) is 1. The molecule has 0 aliphatic heterocycles. The van der Waals surface area contributed by atoms with E-state index in [0.29, 0.717) is 0 Å². The Morgan fingerprint density at radius 1 is 1.05 bits per heavy atom. The highest BCUT2D eigenvalue weighted by Gasteiger charge is 2.11. The molecule has 1 unspecified atom stereocenters. The smallest absolute Gasteiger partial charge is 0.0867 e. The van der Waals surface area contributed by atoms with Crippen molar-refractivity contribution < 1.29 is 5.11 Å². The van der Waals surface area contributed by atoms with Crippen molar-refractivity contribution in [3.05, 3.63) is 60.9 Å². The summed E-state index contributed by atoms with van der Waals surface area (Å²) in [4.78, 5) is 0. The van der Waals surface area contributed by atoms with Crippen LogP contribution in [0.4, 0.5) is 0 Å². The Kier molecular flexibility index (Phi) is 9.28. The quantitative estimate of drug-likeness (QED) is 0.322. The molecule has 0 bridgehead atoms. The van der Waals surface area contributed by atoms with Crippen molar-refractivity contribution in [3.63, 3.8) is 0 Å². The van der Waals surface area contributed by atoms with Gasteiger partial charge in [-0.15, -0.1) is 12.3 Å². The number of aliphatic hydroxyl groups excluding tert-OH is 1. The highest BCUT2D eigenvalue weighted by atomic mass is 16.3. The van der Waals surface area contributed by atoms with Gasteiger partial charge in [-0.25, -0.2) is 0 Å². The van der Waals surface area contributed by atoms with Crippen LogP contribution >= 0.6 is 0 Å². The van der Waals surface area contributed by atoms with E-state index >= 15 is 0 Å². The lowest BCUT2D eigenvalue weighted by Gasteiger charge is -2.13. The Morgan fingerprint density at radius 3 is 2.29 bits per heavy atom. The molecule has 1 aromatic carbocycles. The molecule has 0 radical (unpaired) electrons. The van der Waals surface area contributed by atoms with Crippen molar-refractivity contribution in [1.82, 2.24) is 0 Å². The highest BCUT2D eigenvalue weighted by Crippen LogP contribution is 2.21. The summed E-state index contributed by atoms with van der Waals surface area (Å²) in [7, 11) is 0. The Labute approximate surface area is 129 Å². The van der Waals surface area contributed by atoms with E-state index < -0.39 is 6.10 Å². The summed E-state index contributed by atoms with van der Waals surface area (Å²) in [5.41, 5.74) is 4.74. The van der Waals surface area contributed by atoms with Crippen molar-refractivity contribution in [3.8, 4) is 0 Å². The predicted octanol–water partition coefficient (Wildman–Crippen LogP) is 5.52. The van der Waals surface area contributed by atoms with Gasteiger partial charge in [0.25, 0.3) is 0 Å². The van der Waals surface area contributed by atoms with Gasteiger partial charge in [-0.2, -0.15) is 0 Å². The van der Waals surface area contributed by atoms with Crippen molar-refractivity contribution in [2.75, 3.05) is 0 Å². The average Bonchev–Trinajstić information content (AvgIpc) is 2.52. The molecule has 0 spiro atoms. The van der Waals surface area contributed by atoms with Crippen molar-refractivity contribution in [2.24, 2.45) is 0 Å². The van der Waals surface area contributed by atoms with Crippen LogP contribution in [0.5, 0.6) is 0 Å². The molecule has 1 nitrogen and oxygen atoms in total. The van der Waals surface area contributed by atoms with Gasteiger partial charge in [0, 0.05) is 5.57 Å². The van der Waals surface area contributed by atoms with Crippen molar-refractivity contribution in [2.45, 2.75) is 57.5 Å². The summed E-state index contributed by atoms with van der Waals surface area (Å²) < 4.78 is 0. The first-order valence-electron chi connectivity index (χ1n) is 8.04. The van der Waals surface area contributed by atoms with Crippen LogP contribution in [0.2, 0.25) is 0 Å². The zero-order chi connectivity index (χ0) is 15.3. The number of rotatable bonds is 11. The molecule has 0 amide bonds. The van der Waals surface area contributed by atoms with Crippen LogP contribution < -0.4 is 0 Å². The molecule has 0 aliphatic carbocycles. The summed E-state index contributed by atoms with van der Waals surface area (Å²) in [6, 6.07) is 9.92. The second-order valence-electron chi connectivity index (χ2n) is 5.46. The summed E-state index contributed by atoms with van der Waals surface area (Å²) in [6.07, 6.45) is 10.8. The monoisotopic (exact) mass is 284 g/mol. The first kappa shape index (κ1) is 17.5. The van der Waals surface area contributed by atoms with Crippen LogP contribution in [0, 0.1) is 0 Å². The molecule has 1 atom stereocenters. The Balaban J connectivity index is 2.22. The lowest BCUT2D eigenvalue weighted by molar-refractivity contribution is 0.217. The van der Waals surface area contributed by atoms with E-state index in [9.17, 15) is 5.11 Å². The molecule has 0 aromatic heterocycles. The van der Waals surface area contributed by atoms with Crippen molar-refractivity contribution >= 4 is 5.57 Å². The summed E-state index contributed by atoms with van der Waals surface area (Å²) in [5.74, 6) is 0. The Morgan fingerprint density at radius 2 is 1.67 bits per heavy atom. The minimum Gasteiger partial charge on any atom is -0.388 e.